The maximum Gasteiger partial charge on any atom is 0.0395 e. The van der Waals surface area contributed by atoms with E-state index < -0.39 is 0 Å². The van der Waals surface area contributed by atoms with Gasteiger partial charge in [0, 0.05) is 24.8 Å². The minimum atomic E-state index is 0.713. The van der Waals surface area contributed by atoms with E-state index in [2.05, 4.69) is 48.5 Å². The Balaban J connectivity index is 2.04. The fraction of sp³-hybridized carbons (Fsp3) is 0.538. The Morgan fingerprint density at radius 3 is 2.47 bits per heavy atom. The van der Waals surface area contributed by atoms with Crippen LogP contribution in [0.25, 0.3) is 0 Å². The van der Waals surface area contributed by atoms with Gasteiger partial charge in [-0.15, -0.1) is 0 Å². The van der Waals surface area contributed by atoms with Crippen molar-refractivity contribution < 1.29 is 0 Å². The van der Waals surface area contributed by atoms with E-state index in [1.165, 1.54) is 37.2 Å². The molecule has 1 saturated heterocycles. The average Bonchev–Trinajstić information content (AvgIpc) is 2.30. The highest BCUT2D eigenvalue weighted by atomic mass is 15.1. The molecule has 1 aliphatic heterocycles. The van der Waals surface area contributed by atoms with Crippen molar-refractivity contribution in [1.29, 1.82) is 0 Å². The normalized spacial score (nSPS) is 18.1. The molecule has 0 bridgehead atoms. The van der Waals surface area contributed by atoms with Crippen LogP contribution in [-0.4, -0.2) is 26.2 Å². The Bertz CT molecular complexity index is 314. The number of anilines is 1. The van der Waals surface area contributed by atoms with Crippen LogP contribution in [0.15, 0.2) is 24.3 Å². The average molecular weight is 204 g/mol. The van der Waals surface area contributed by atoms with Gasteiger partial charge in [0.05, 0.1) is 0 Å². The molecule has 0 saturated carbocycles. The number of rotatable bonds is 2. The number of nitrogens with zero attached hydrogens (tertiary/aromatic N) is 1. The topological polar surface area (TPSA) is 15.3 Å². The highest BCUT2D eigenvalue weighted by Gasteiger charge is 2.18. The highest BCUT2D eigenvalue weighted by Crippen LogP contribution is 2.23. The van der Waals surface area contributed by atoms with Crippen LogP contribution in [0.5, 0.6) is 0 Å². The van der Waals surface area contributed by atoms with Crippen LogP contribution in [0, 0.1) is 6.92 Å². The molecule has 1 N–H and O–H groups in total. The van der Waals surface area contributed by atoms with Crippen molar-refractivity contribution in [3.63, 3.8) is 0 Å². The van der Waals surface area contributed by atoms with Gasteiger partial charge >= 0.3 is 0 Å². The van der Waals surface area contributed by atoms with Crippen molar-refractivity contribution in [2.24, 2.45) is 0 Å². The molecule has 2 rings (SSSR count). The molecule has 0 radical (unpaired) electrons. The van der Waals surface area contributed by atoms with Crippen molar-refractivity contribution in [1.82, 2.24) is 5.32 Å². The smallest absolute Gasteiger partial charge is 0.0395 e. The van der Waals surface area contributed by atoms with Crippen molar-refractivity contribution >= 4 is 5.69 Å². The Labute approximate surface area is 92.3 Å². The summed E-state index contributed by atoms with van der Waals surface area (Å²) in [6, 6.07) is 9.38. The molecule has 0 atom stereocenters. The second-order valence-corrected chi connectivity index (χ2v) is 4.34. The lowest BCUT2D eigenvalue weighted by molar-refractivity contribution is 0.442. The highest BCUT2D eigenvalue weighted by molar-refractivity contribution is 5.53. The number of para-hydroxylation sites is 1. The van der Waals surface area contributed by atoms with Gasteiger partial charge in [0.1, 0.15) is 0 Å². The molecule has 0 unspecified atom stereocenters. The van der Waals surface area contributed by atoms with Crippen LogP contribution in [0.3, 0.4) is 0 Å². The van der Waals surface area contributed by atoms with E-state index in [9.17, 15) is 0 Å². The van der Waals surface area contributed by atoms with Crippen LogP contribution in [0.4, 0.5) is 5.69 Å². The molecule has 1 aliphatic rings. The van der Waals surface area contributed by atoms with Gasteiger partial charge in [0.2, 0.25) is 0 Å². The first-order chi connectivity index (χ1) is 7.31. The molecule has 2 nitrogen and oxygen atoms in total. The van der Waals surface area contributed by atoms with Crippen molar-refractivity contribution in [2.75, 3.05) is 25.0 Å². The van der Waals surface area contributed by atoms with E-state index in [4.69, 9.17) is 0 Å². The Morgan fingerprint density at radius 2 is 1.87 bits per heavy atom. The zero-order chi connectivity index (χ0) is 10.7. The Morgan fingerprint density at radius 1 is 1.20 bits per heavy atom. The molecule has 1 aromatic carbocycles. The molecular weight excluding hydrogens is 184 g/mol. The predicted octanol–water partition coefficient (Wildman–Crippen LogP) is 2.18. The summed E-state index contributed by atoms with van der Waals surface area (Å²) in [6.45, 7) is 4.55. The zero-order valence-corrected chi connectivity index (χ0v) is 9.66. The first kappa shape index (κ1) is 10.5. The zero-order valence-electron chi connectivity index (χ0n) is 9.66. The van der Waals surface area contributed by atoms with E-state index in [1.807, 2.05) is 0 Å². The summed E-state index contributed by atoms with van der Waals surface area (Å²) in [7, 11) is 2.06. The fourth-order valence-electron chi connectivity index (χ4n) is 2.33. The summed E-state index contributed by atoms with van der Waals surface area (Å²) in [5.41, 5.74) is 2.80. The second-order valence-electron chi connectivity index (χ2n) is 4.34. The summed E-state index contributed by atoms with van der Waals surface area (Å²) in [5, 5.41) is 3.36. The first-order valence-electron chi connectivity index (χ1n) is 5.79. The molecule has 0 aromatic heterocycles. The number of aryl methyl sites for hydroxylation is 1. The molecule has 0 spiro atoms. The molecule has 1 fully saturated rings. The van der Waals surface area contributed by atoms with E-state index in [0.29, 0.717) is 6.04 Å². The van der Waals surface area contributed by atoms with Crippen LogP contribution < -0.4 is 10.2 Å². The Hall–Kier alpha value is -1.02. The van der Waals surface area contributed by atoms with Crippen LogP contribution in [0.1, 0.15) is 18.4 Å². The summed E-state index contributed by atoms with van der Waals surface area (Å²) >= 11 is 0. The first-order valence-corrected chi connectivity index (χ1v) is 5.79. The van der Waals surface area contributed by atoms with Gasteiger partial charge in [-0.25, -0.2) is 0 Å². The SMILES string of the molecule is CNC1CCN(c2ccccc2C)CC1. The molecule has 1 heterocycles. The number of benzene rings is 1. The third-order valence-electron chi connectivity index (χ3n) is 3.36. The molecule has 2 heteroatoms. The monoisotopic (exact) mass is 204 g/mol. The van der Waals surface area contributed by atoms with Gasteiger partial charge in [-0.05, 0) is 38.4 Å². The lowest BCUT2D eigenvalue weighted by Gasteiger charge is -2.34. The van der Waals surface area contributed by atoms with Gasteiger partial charge in [-0.1, -0.05) is 18.2 Å². The number of piperidine rings is 1. The van der Waals surface area contributed by atoms with Gasteiger partial charge in [-0.2, -0.15) is 0 Å². The molecular formula is C13H20N2. The minimum absolute atomic E-state index is 0.713. The van der Waals surface area contributed by atoms with Crippen LogP contribution in [0.2, 0.25) is 0 Å². The van der Waals surface area contributed by atoms with E-state index >= 15 is 0 Å². The molecule has 0 aliphatic carbocycles. The Kier molecular flexibility index (Phi) is 3.27. The second kappa shape index (κ2) is 4.67. The largest absolute Gasteiger partial charge is 0.371 e. The van der Waals surface area contributed by atoms with Crippen LogP contribution >= 0.6 is 0 Å². The third-order valence-corrected chi connectivity index (χ3v) is 3.36. The maximum atomic E-state index is 3.36. The van der Waals surface area contributed by atoms with Gasteiger partial charge in [-0.3, -0.25) is 0 Å². The van der Waals surface area contributed by atoms with Crippen molar-refractivity contribution in [3.05, 3.63) is 29.8 Å². The van der Waals surface area contributed by atoms with Gasteiger partial charge < -0.3 is 10.2 Å². The molecule has 0 amide bonds. The van der Waals surface area contributed by atoms with Crippen molar-refractivity contribution in [3.8, 4) is 0 Å². The maximum absolute atomic E-state index is 3.36. The summed E-state index contributed by atoms with van der Waals surface area (Å²) in [5.74, 6) is 0. The standard InChI is InChI=1S/C13H20N2/c1-11-5-3-4-6-13(11)15-9-7-12(14-2)8-10-15/h3-6,12,14H,7-10H2,1-2H3. The molecule has 15 heavy (non-hydrogen) atoms. The third kappa shape index (κ3) is 2.32. The number of nitrogens with one attached hydrogen (secondary N) is 1. The molecule has 82 valence electrons. The van der Waals surface area contributed by atoms with Crippen molar-refractivity contribution in [2.45, 2.75) is 25.8 Å². The summed E-state index contributed by atoms with van der Waals surface area (Å²) in [6.07, 6.45) is 2.51. The van der Waals surface area contributed by atoms with E-state index in [-0.39, 0.29) is 0 Å². The number of hydrogen-bond donors (Lipinski definition) is 1. The van der Waals surface area contributed by atoms with Gasteiger partial charge in [0.25, 0.3) is 0 Å². The van der Waals surface area contributed by atoms with Gasteiger partial charge in [0.15, 0.2) is 0 Å². The van der Waals surface area contributed by atoms with E-state index in [0.717, 1.165) is 0 Å². The van der Waals surface area contributed by atoms with E-state index in [1.54, 1.807) is 0 Å². The number of hydrogen-bond acceptors (Lipinski definition) is 2. The summed E-state index contributed by atoms with van der Waals surface area (Å²) < 4.78 is 0. The minimum Gasteiger partial charge on any atom is -0.371 e. The quantitative estimate of drug-likeness (QED) is 0.794. The van der Waals surface area contributed by atoms with Crippen LogP contribution in [-0.2, 0) is 0 Å². The lowest BCUT2D eigenvalue weighted by Crippen LogP contribution is -2.41. The lowest BCUT2D eigenvalue weighted by atomic mass is 10.0. The predicted molar refractivity (Wildman–Crippen MR) is 65.5 cm³/mol. The fourth-order valence-corrected chi connectivity index (χ4v) is 2.33. The molecule has 1 aromatic rings. The summed E-state index contributed by atoms with van der Waals surface area (Å²) in [4.78, 5) is 2.50.